The van der Waals surface area contributed by atoms with E-state index in [0.717, 1.165) is 18.2 Å². The van der Waals surface area contributed by atoms with E-state index in [0.29, 0.717) is 12.1 Å². The molecule has 2 N–H and O–H groups in total. The average Bonchev–Trinajstić information content (AvgIpc) is 3.29. The molecule has 0 radical (unpaired) electrons. The quantitative estimate of drug-likeness (QED) is 0.230. The first-order chi connectivity index (χ1) is 20.7. The fraction of sp³-hybridized carbons (Fsp3) is 0.100. The summed E-state index contributed by atoms with van der Waals surface area (Å²) in [7, 11) is -4.12. The Bertz CT molecular complexity index is 2010. The summed E-state index contributed by atoms with van der Waals surface area (Å²) in [5.41, 5.74) is -2.31. The molecule has 44 heavy (non-hydrogen) atoms. The molecule has 1 heterocycles. The van der Waals surface area contributed by atoms with Gasteiger partial charge in [-0.25, -0.2) is 17.2 Å². The van der Waals surface area contributed by atoms with Gasteiger partial charge in [0.15, 0.2) is 9.84 Å². The van der Waals surface area contributed by atoms with Gasteiger partial charge in [-0.3, -0.25) is 9.59 Å². The molecular weight excluding hydrogens is 629 g/mol. The summed E-state index contributed by atoms with van der Waals surface area (Å²) in [6.07, 6.45) is -4.97. The highest BCUT2D eigenvalue weighted by atomic mass is 35.5. The number of sulfone groups is 1. The molecule has 1 aliphatic heterocycles. The SMILES string of the molecule is N#Cc1cccc(S(=O)(=O)Cc2cc(NC(=O)c3cc(F)cc(C(F)(F)F)c3)c3c(c2)C(=O)N[C@@H]3c2cc(F)ccc2Cl)c1. The average molecular weight is 646 g/mol. The van der Waals surface area contributed by atoms with Crippen molar-refractivity contribution < 1.29 is 40.0 Å². The van der Waals surface area contributed by atoms with Crippen molar-refractivity contribution in [3.8, 4) is 6.07 Å². The summed E-state index contributed by atoms with van der Waals surface area (Å²) in [6.45, 7) is 0. The summed E-state index contributed by atoms with van der Waals surface area (Å²) in [5, 5.41) is 14.1. The lowest BCUT2D eigenvalue weighted by Gasteiger charge is -2.19. The van der Waals surface area contributed by atoms with Crippen LogP contribution in [0.4, 0.5) is 27.6 Å². The van der Waals surface area contributed by atoms with Gasteiger partial charge in [-0.2, -0.15) is 18.4 Å². The van der Waals surface area contributed by atoms with Gasteiger partial charge in [0.1, 0.15) is 11.6 Å². The Morgan fingerprint density at radius 1 is 1.00 bits per heavy atom. The highest BCUT2D eigenvalue weighted by Crippen LogP contribution is 2.41. The van der Waals surface area contributed by atoms with Gasteiger partial charge < -0.3 is 10.6 Å². The van der Waals surface area contributed by atoms with Gasteiger partial charge in [0.25, 0.3) is 11.8 Å². The first-order valence-corrected chi connectivity index (χ1v) is 14.5. The third kappa shape index (κ3) is 6.13. The predicted molar refractivity (Wildman–Crippen MR) is 149 cm³/mol. The number of anilines is 1. The van der Waals surface area contributed by atoms with Gasteiger partial charge in [0, 0.05) is 33.0 Å². The fourth-order valence-corrected chi connectivity index (χ4v) is 6.38. The lowest BCUT2D eigenvalue weighted by atomic mass is 9.94. The van der Waals surface area contributed by atoms with E-state index in [-0.39, 0.29) is 49.5 Å². The van der Waals surface area contributed by atoms with Crippen molar-refractivity contribution in [2.45, 2.75) is 22.9 Å². The second-order valence-electron chi connectivity index (χ2n) is 9.76. The Labute approximate surface area is 251 Å². The Kier molecular flexibility index (Phi) is 7.92. The molecular formula is C30H17ClF5N3O4S. The van der Waals surface area contributed by atoms with E-state index >= 15 is 0 Å². The highest BCUT2D eigenvalue weighted by molar-refractivity contribution is 7.90. The minimum absolute atomic E-state index is 0.0160. The Morgan fingerprint density at radius 2 is 1.75 bits per heavy atom. The molecule has 0 aromatic heterocycles. The summed E-state index contributed by atoms with van der Waals surface area (Å²) in [5.74, 6) is -4.70. The lowest BCUT2D eigenvalue weighted by Crippen LogP contribution is -2.21. The Balaban J connectivity index is 1.64. The first-order valence-electron chi connectivity index (χ1n) is 12.5. The smallest absolute Gasteiger partial charge is 0.341 e. The summed E-state index contributed by atoms with van der Waals surface area (Å²) < 4.78 is 94.7. The number of nitrogens with zero attached hydrogens (tertiary/aromatic N) is 1. The Morgan fingerprint density at radius 3 is 2.45 bits per heavy atom. The fourth-order valence-electron chi connectivity index (χ4n) is 4.79. The number of hydrogen-bond acceptors (Lipinski definition) is 5. The van der Waals surface area contributed by atoms with Crippen LogP contribution in [0.15, 0.2) is 77.7 Å². The molecule has 5 rings (SSSR count). The van der Waals surface area contributed by atoms with Crippen molar-refractivity contribution in [3.63, 3.8) is 0 Å². The van der Waals surface area contributed by atoms with Gasteiger partial charge in [-0.1, -0.05) is 17.7 Å². The number of fused-ring (bicyclic) bond motifs is 1. The number of benzene rings is 4. The number of amides is 2. The van der Waals surface area contributed by atoms with Crippen molar-refractivity contribution in [1.82, 2.24) is 5.32 Å². The topological polar surface area (TPSA) is 116 Å². The molecule has 0 unspecified atom stereocenters. The molecule has 1 aliphatic rings. The predicted octanol–water partition coefficient (Wildman–Crippen LogP) is 6.57. The molecule has 0 saturated carbocycles. The van der Waals surface area contributed by atoms with Crippen molar-refractivity contribution in [2.75, 3.05) is 5.32 Å². The molecule has 7 nitrogen and oxygen atoms in total. The van der Waals surface area contributed by atoms with E-state index in [1.54, 1.807) is 0 Å². The van der Waals surface area contributed by atoms with Crippen molar-refractivity contribution in [2.24, 2.45) is 0 Å². The van der Waals surface area contributed by atoms with Crippen molar-refractivity contribution >= 4 is 38.9 Å². The van der Waals surface area contributed by atoms with E-state index in [9.17, 15) is 40.0 Å². The minimum atomic E-state index is -4.97. The van der Waals surface area contributed by atoms with Gasteiger partial charge >= 0.3 is 6.18 Å². The third-order valence-electron chi connectivity index (χ3n) is 6.73. The molecule has 224 valence electrons. The largest absolute Gasteiger partial charge is 0.416 e. The van der Waals surface area contributed by atoms with Crippen LogP contribution < -0.4 is 10.6 Å². The van der Waals surface area contributed by atoms with Crippen LogP contribution in [0, 0.1) is 23.0 Å². The van der Waals surface area contributed by atoms with Gasteiger partial charge in [-0.05, 0) is 72.3 Å². The van der Waals surface area contributed by atoms with Crippen LogP contribution in [0.1, 0.15) is 54.6 Å². The highest BCUT2D eigenvalue weighted by Gasteiger charge is 2.36. The normalized spacial score (nSPS) is 14.5. The number of carbonyl (C=O) groups excluding carboxylic acids is 2. The van der Waals surface area contributed by atoms with Crippen molar-refractivity contribution in [1.29, 1.82) is 5.26 Å². The van der Waals surface area contributed by atoms with Gasteiger partial charge in [0.05, 0.1) is 33.9 Å². The molecule has 0 fully saturated rings. The summed E-state index contributed by atoms with van der Waals surface area (Å²) in [4.78, 5) is 26.1. The number of hydrogen-bond donors (Lipinski definition) is 2. The zero-order chi connectivity index (χ0) is 32.0. The van der Waals surface area contributed by atoms with Crippen LogP contribution in [-0.2, 0) is 21.8 Å². The number of carbonyl (C=O) groups is 2. The minimum Gasteiger partial charge on any atom is -0.341 e. The second-order valence-corrected chi connectivity index (χ2v) is 12.2. The number of alkyl halides is 3. The van der Waals surface area contributed by atoms with E-state index < -0.39 is 62.4 Å². The number of nitriles is 1. The zero-order valence-electron chi connectivity index (χ0n) is 22.0. The maximum absolute atomic E-state index is 14.2. The summed E-state index contributed by atoms with van der Waals surface area (Å²) in [6, 6.07) is 12.9. The lowest BCUT2D eigenvalue weighted by molar-refractivity contribution is -0.137. The van der Waals surface area contributed by atoms with Crippen molar-refractivity contribution in [3.05, 3.63) is 128 Å². The van der Waals surface area contributed by atoms with Gasteiger partial charge in [0.2, 0.25) is 0 Å². The number of halogens is 6. The molecule has 0 spiro atoms. The van der Waals surface area contributed by atoms with Crippen LogP contribution in [-0.4, -0.2) is 20.2 Å². The molecule has 4 aromatic rings. The summed E-state index contributed by atoms with van der Waals surface area (Å²) >= 11 is 6.28. The van der Waals surface area contributed by atoms with Crippen LogP contribution in [0.25, 0.3) is 0 Å². The van der Waals surface area contributed by atoms with Crippen LogP contribution in [0.5, 0.6) is 0 Å². The maximum Gasteiger partial charge on any atom is 0.416 e. The first kappa shape index (κ1) is 30.7. The number of rotatable bonds is 6. The molecule has 0 saturated heterocycles. The Hall–Kier alpha value is -4.80. The molecule has 2 amide bonds. The van der Waals surface area contributed by atoms with E-state index in [4.69, 9.17) is 16.9 Å². The van der Waals surface area contributed by atoms with Crippen LogP contribution >= 0.6 is 11.6 Å². The second kappa shape index (κ2) is 11.4. The molecule has 14 heteroatoms. The van der Waals surface area contributed by atoms with Crippen LogP contribution in [0.2, 0.25) is 5.02 Å². The monoisotopic (exact) mass is 645 g/mol. The van der Waals surface area contributed by atoms with Crippen LogP contribution in [0.3, 0.4) is 0 Å². The molecule has 4 aromatic carbocycles. The van der Waals surface area contributed by atoms with E-state index in [2.05, 4.69) is 10.6 Å². The van der Waals surface area contributed by atoms with E-state index in [1.807, 2.05) is 6.07 Å². The molecule has 0 bridgehead atoms. The zero-order valence-corrected chi connectivity index (χ0v) is 23.5. The number of nitrogens with one attached hydrogen (secondary N) is 2. The molecule has 1 atom stereocenters. The van der Waals surface area contributed by atoms with E-state index in [1.165, 1.54) is 36.4 Å². The third-order valence-corrected chi connectivity index (χ3v) is 8.76. The standard InChI is InChI=1S/C30H17ClF5N3O4S/c31-24-5-4-19(32)12-22(24)27-26-23(29(41)39-27)7-16(14-44(42,43)21-3-1-2-15(6-21)13-37)8-25(26)38-28(40)17-9-18(30(34,35)36)11-20(33)10-17/h1-12,27H,14H2,(H,38,40)(H,39,41)/t27-/m1/s1. The maximum atomic E-state index is 14.2. The molecule has 0 aliphatic carbocycles. The van der Waals surface area contributed by atoms with Gasteiger partial charge in [-0.15, -0.1) is 0 Å².